The van der Waals surface area contributed by atoms with Crippen molar-refractivity contribution in [3.63, 3.8) is 0 Å². The second-order valence-corrected chi connectivity index (χ2v) is 5.50. The summed E-state index contributed by atoms with van der Waals surface area (Å²) in [6, 6.07) is 24.7. The lowest BCUT2D eigenvalue weighted by molar-refractivity contribution is 0.0487. The van der Waals surface area contributed by atoms with Crippen molar-refractivity contribution in [3.8, 4) is 5.75 Å². The van der Waals surface area contributed by atoms with Crippen LogP contribution in [0.4, 0.5) is 0 Å². The summed E-state index contributed by atoms with van der Waals surface area (Å²) in [5.41, 5.74) is -0.262. The van der Waals surface area contributed by atoms with Crippen LogP contribution < -0.4 is 4.74 Å². The van der Waals surface area contributed by atoms with Crippen molar-refractivity contribution in [3.05, 3.63) is 102 Å². The highest BCUT2D eigenvalue weighted by Gasteiger charge is 2.40. The van der Waals surface area contributed by atoms with Crippen LogP contribution in [0.1, 0.15) is 21.5 Å². The lowest BCUT2D eigenvalue weighted by Gasteiger charge is -2.28. The second-order valence-electron chi connectivity index (χ2n) is 5.50. The van der Waals surface area contributed by atoms with Gasteiger partial charge in [-0.25, -0.2) is 0 Å². The normalized spacial score (nSPS) is 13.1. The Morgan fingerprint density at radius 2 is 1.29 bits per heavy atom. The second kappa shape index (κ2) is 6.69. The molecule has 3 nitrogen and oxygen atoms in total. The first-order valence-electron chi connectivity index (χ1n) is 7.68. The van der Waals surface area contributed by atoms with Gasteiger partial charge in [-0.1, -0.05) is 72.8 Å². The Morgan fingerprint density at radius 1 is 0.792 bits per heavy atom. The maximum absolute atomic E-state index is 13.1. The zero-order valence-corrected chi connectivity index (χ0v) is 13.3. The number of rotatable bonds is 5. The molecule has 3 aromatic carbocycles. The lowest BCUT2D eigenvalue weighted by Crippen LogP contribution is -2.37. The summed E-state index contributed by atoms with van der Waals surface area (Å²) in [5.74, 6) is 0.306. The molecule has 120 valence electrons. The third-order valence-electron chi connectivity index (χ3n) is 4.06. The molecule has 24 heavy (non-hydrogen) atoms. The summed E-state index contributed by atoms with van der Waals surface area (Å²) in [5, 5.41) is 11.4. The molecule has 1 unspecified atom stereocenters. The molecule has 0 fully saturated rings. The Hall–Kier alpha value is -2.91. The van der Waals surface area contributed by atoms with E-state index in [0.29, 0.717) is 22.4 Å². The number of carbonyl (C=O) groups is 1. The standard InChI is InChI=1S/C21H18O3/c1-24-19-14-12-18(13-15-19)21(23,17-10-6-3-7-11-17)20(22)16-8-4-2-5-9-16/h2-15,23H,1H3. The van der Waals surface area contributed by atoms with Crippen molar-refractivity contribution >= 4 is 5.78 Å². The predicted molar refractivity (Wildman–Crippen MR) is 93.2 cm³/mol. The highest BCUT2D eigenvalue weighted by molar-refractivity contribution is 6.05. The van der Waals surface area contributed by atoms with Crippen molar-refractivity contribution in [1.29, 1.82) is 0 Å². The summed E-state index contributed by atoms with van der Waals surface area (Å²) in [7, 11) is 1.58. The molecule has 0 aliphatic rings. The van der Waals surface area contributed by atoms with E-state index in [1.54, 1.807) is 67.8 Å². The maximum Gasteiger partial charge on any atom is 0.203 e. The van der Waals surface area contributed by atoms with Gasteiger partial charge in [0.25, 0.3) is 0 Å². The van der Waals surface area contributed by atoms with E-state index >= 15 is 0 Å². The molecular formula is C21H18O3. The van der Waals surface area contributed by atoms with Crippen LogP contribution in [0.5, 0.6) is 5.75 Å². The molecular weight excluding hydrogens is 300 g/mol. The topological polar surface area (TPSA) is 46.5 Å². The van der Waals surface area contributed by atoms with Crippen LogP contribution in [-0.4, -0.2) is 18.0 Å². The van der Waals surface area contributed by atoms with Crippen molar-refractivity contribution in [2.45, 2.75) is 5.60 Å². The Kier molecular flexibility index (Phi) is 4.45. The number of ketones is 1. The first kappa shape index (κ1) is 16.0. The van der Waals surface area contributed by atoms with Gasteiger partial charge in [-0.3, -0.25) is 4.79 Å². The molecule has 1 atom stereocenters. The number of benzene rings is 3. The first-order valence-corrected chi connectivity index (χ1v) is 7.68. The number of hydrogen-bond acceptors (Lipinski definition) is 3. The molecule has 3 aromatic rings. The lowest BCUT2D eigenvalue weighted by atomic mass is 9.80. The molecule has 0 bridgehead atoms. The Morgan fingerprint density at radius 3 is 1.83 bits per heavy atom. The van der Waals surface area contributed by atoms with E-state index < -0.39 is 5.60 Å². The molecule has 0 spiro atoms. The van der Waals surface area contributed by atoms with Crippen LogP contribution in [-0.2, 0) is 5.60 Å². The summed E-state index contributed by atoms with van der Waals surface area (Å²) < 4.78 is 5.17. The van der Waals surface area contributed by atoms with Gasteiger partial charge in [-0.2, -0.15) is 0 Å². The van der Waals surface area contributed by atoms with E-state index in [0.717, 1.165) is 0 Å². The van der Waals surface area contributed by atoms with Crippen LogP contribution in [0.15, 0.2) is 84.9 Å². The number of carbonyl (C=O) groups excluding carboxylic acids is 1. The summed E-state index contributed by atoms with van der Waals surface area (Å²) in [6.45, 7) is 0. The van der Waals surface area contributed by atoms with Crippen molar-refractivity contribution < 1.29 is 14.6 Å². The zero-order chi connectivity index (χ0) is 17.0. The van der Waals surface area contributed by atoms with Gasteiger partial charge in [0.15, 0.2) is 5.60 Å². The molecule has 0 saturated heterocycles. The molecule has 0 aromatic heterocycles. The van der Waals surface area contributed by atoms with Crippen LogP contribution in [0.3, 0.4) is 0 Å². The largest absolute Gasteiger partial charge is 0.497 e. The zero-order valence-electron chi connectivity index (χ0n) is 13.3. The molecule has 3 rings (SSSR count). The highest BCUT2D eigenvalue weighted by Crippen LogP contribution is 2.34. The van der Waals surface area contributed by atoms with E-state index in [2.05, 4.69) is 0 Å². The molecule has 0 heterocycles. The number of methoxy groups -OCH3 is 1. The number of hydrogen-bond donors (Lipinski definition) is 1. The van der Waals surface area contributed by atoms with Crippen molar-refractivity contribution in [2.75, 3.05) is 7.11 Å². The fourth-order valence-corrected chi connectivity index (χ4v) is 2.74. The monoisotopic (exact) mass is 318 g/mol. The predicted octanol–water partition coefficient (Wildman–Crippen LogP) is 3.81. The van der Waals surface area contributed by atoms with Crippen molar-refractivity contribution in [1.82, 2.24) is 0 Å². The van der Waals surface area contributed by atoms with Crippen molar-refractivity contribution in [2.24, 2.45) is 0 Å². The fourth-order valence-electron chi connectivity index (χ4n) is 2.74. The van der Waals surface area contributed by atoms with Gasteiger partial charge in [0.05, 0.1) is 7.11 Å². The SMILES string of the molecule is COc1ccc(C(O)(C(=O)c2ccccc2)c2ccccc2)cc1. The third kappa shape index (κ3) is 2.82. The van der Waals surface area contributed by atoms with Gasteiger partial charge in [-0.15, -0.1) is 0 Å². The highest BCUT2D eigenvalue weighted by atomic mass is 16.5. The molecule has 1 N–H and O–H groups in total. The molecule has 0 saturated carbocycles. The van der Waals surface area contributed by atoms with Gasteiger partial charge < -0.3 is 9.84 Å². The number of Topliss-reactive ketones (excluding diaryl/α,β-unsaturated/α-hetero) is 1. The quantitative estimate of drug-likeness (QED) is 0.728. The Bertz CT molecular complexity index is 811. The number of ether oxygens (including phenoxy) is 1. The van der Waals surface area contributed by atoms with Crippen LogP contribution in [0.25, 0.3) is 0 Å². The minimum Gasteiger partial charge on any atom is -0.497 e. The molecule has 0 radical (unpaired) electrons. The van der Waals surface area contributed by atoms with Gasteiger partial charge in [0.1, 0.15) is 5.75 Å². The fraction of sp³-hybridized carbons (Fsp3) is 0.0952. The molecule has 0 amide bonds. The Balaban J connectivity index is 2.15. The average molecular weight is 318 g/mol. The van der Waals surface area contributed by atoms with Crippen LogP contribution in [0.2, 0.25) is 0 Å². The van der Waals surface area contributed by atoms with Gasteiger partial charge in [0, 0.05) is 5.56 Å². The van der Waals surface area contributed by atoms with E-state index in [4.69, 9.17) is 4.74 Å². The van der Waals surface area contributed by atoms with Gasteiger partial charge in [-0.05, 0) is 23.3 Å². The molecule has 3 heteroatoms. The van der Waals surface area contributed by atoms with Crippen LogP contribution in [0, 0.1) is 0 Å². The Labute approximate surface area is 141 Å². The molecule has 0 aliphatic carbocycles. The minimum atomic E-state index is -1.76. The average Bonchev–Trinajstić information content (AvgIpc) is 2.68. The smallest absolute Gasteiger partial charge is 0.203 e. The van der Waals surface area contributed by atoms with Crippen LogP contribution >= 0.6 is 0 Å². The first-order chi connectivity index (χ1) is 11.7. The summed E-state index contributed by atoms with van der Waals surface area (Å²) in [4.78, 5) is 13.1. The van der Waals surface area contributed by atoms with E-state index in [9.17, 15) is 9.90 Å². The summed E-state index contributed by atoms with van der Waals surface area (Å²) in [6.07, 6.45) is 0. The minimum absolute atomic E-state index is 0.362. The molecule has 0 aliphatic heterocycles. The van der Waals surface area contributed by atoms with E-state index in [-0.39, 0.29) is 5.78 Å². The third-order valence-corrected chi connectivity index (χ3v) is 4.06. The van der Waals surface area contributed by atoms with Gasteiger partial charge in [0.2, 0.25) is 5.78 Å². The summed E-state index contributed by atoms with van der Waals surface area (Å²) >= 11 is 0. The van der Waals surface area contributed by atoms with E-state index in [1.807, 2.05) is 24.3 Å². The van der Waals surface area contributed by atoms with E-state index in [1.165, 1.54) is 0 Å². The maximum atomic E-state index is 13.1. The number of aliphatic hydroxyl groups is 1. The van der Waals surface area contributed by atoms with Gasteiger partial charge >= 0.3 is 0 Å².